The summed E-state index contributed by atoms with van der Waals surface area (Å²) in [5.74, 6) is -0.210. The second-order valence-electron chi connectivity index (χ2n) is 4.14. The fourth-order valence-electron chi connectivity index (χ4n) is 2.23. The van der Waals surface area contributed by atoms with E-state index in [0.717, 1.165) is 11.3 Å². The predicted octanol–water partition coefficient (Wildman–Crippen LogP) is 1.67. The summed E-state index contributed by atoms with van der Waals surface area (Å²) in [5, 5.41) is 5.35. The Morgan fingerprint density at radius 1 is 1.73 bits per heavy atom. The van der Waals surface area contributed by atoms with Crippen molar-refractivity contribution >= 4 is 17.3 Å². The Hall–Kier alpha value is -0.870. The number of carbonyl (C=O) groups excluding carboxylic acids is 1. The quantitative estimate of drug-likeness (QED) is 0.739. The second-order valence-corrected chi connectivity index (χ2v) is 5.06. The van der Waals surface area contributed by atoms with Gasteiger partial charge in [0.15, 0.2) is 0 Å². The molecule has 1 aromatic heterocycles. The van der Waals surface area contributed by atoms with Crippen molar-refractivity contribution in [3.8, 4) is 0 Å². The lowest BCUT2D eigenvalue weighted by molar-refractivity contribution is -0.148. The first-order valence-corrected chi connectivity index (χ1v) is 5.89. The molecule has 82 valence electrons. The third-order valence-electron chi connectivity index (χ3n) is 2.86. The molecule has 1 aromatic rings. The number of methoxy groups -OCH3 is 1. The molecule has 2 atom stereocenters. The van der Waals surface area contributed by atoms with Crippen molar-refractivity contribution in [2.24, 2.45) is 0 Å². The van der Waals surface area contributed by atoms with E-state index < -0.39 is 5.54 Å². The first kappa shape index (κ1) is 10.6. The predicted molar refractivity (Wildman–Crippen MR) is 60.0 cm³/mol. The van der Waals surface area contributed by atoms with Crippen LogP contribution in [0.1, 0.15) is 24.3 Å². The minimum Gasteiger partial charge on any atom is -0.467 e. The van der Waals surface area contributed by atoms with Gasteiger partial charge in [-0.3, -0.25) is 5.32 Å². The summed E-state index contributed by atoms with van der Waals surface area (Å²) in [6.07, 6.45) is 0.978. The standard InChI is InChI=1S/C11H15NO2S/c1-7-6-8-4-5-15-9(8)11(2,12-7)10(13)14-3/h4-5,7,12H,6H2,1-3H3/t7-,11+/m0/s1. The Morgan fingerprint density at radius 2 is 2.47 bits per heavy atom. The summed E-state index contributed by atoms with van der Waals surface area (Å²) in [6.45, 7) is 3.98. The summed E-state index contributed by atoms with van der Waals surface area (Å²) >= 11 is 1.61. The van der Waals surface area contributed by atoms with Crippen molar-refractivity contribution in [1.82, 2.24) is 5.32 Å². The van der Waals surface area contributed by atoms with Gasteiger partial charge in [-0.1, -0.05) is 0 Å². The Bertz CT molecular complexity index is 388. The van der Waals surface area contributed by atoms with Gasteiger partial charge < -0.3 is 4.74 Å². The van der Waals surface area contributed by atoms with Crippen molar-refractivity contribution in [2.45, 2.75) is 31.8 Å². The Labute approximate surface area is 93.4 Å². The molecule has 4 heteroatoms. The molecule has 2 heterocycles. The number of hydrogen-bond acceptors (Lipinski definition) is 4. The highest BCUT2D eigenvalue weighted by Gasteiger charge is 2.43. The molecule has 1 aliphatic rings. The molecule has 0 unspecified atom stereocenters. The number of ether oxygens (including phenoxy) is 1. The lowest BCUT2D eigenvalue weighted by Gasteiger charge is -2.35. The zero-order valence-corrected chi connectivity index (χ0v) is 9.98. The van der Waals surface area contributed by atoms with Crippen molar-refractivity contribution in [2.75, 3.05) is 7.11 Å². The van der Waals surface area contributed by atoms with Gasteiger partial charge in [-0.15, -0.1) is 11.3 Å². The number of nitrogens with one attached hydrogen (secondary N) is 1. The molecule has 1 aliphatic heterocycles. The van der Waals surface area contributed by atoms with Crippen molar-refractivity contribution < 1.29 is 9.53 Å². The molecule has 0 saturated heterocycles. The van der Waals surface area contributed by atoms with Crippen LogP contribution in [0.25, 0.3) is 0 Å². The average Bonchev–Trinajstić information content (AvgIpc) is 2.64. The van der Waals surface area contributed by atoms with E-state index >= 15 is 0 Å². The normalized spacial score (nSPS) is 29.7. The highest BCUT2D eigenvalue weighted by Crippen LogP contribution is 2.35. The number of thiophene rings is 1. The molecule has 0 spiro atoms. The molecule has 0 saturated carbocycles. The van der Waals surface area contributed by atoms with E-state index in [1.165, 1.54) is 12.7 Å². The van der Waals surface area contributed by atoms with E-state index in [1.54, 1.807) is 11.3 Å². The second kappa shape index (κ2) is 3.61. The average molecular weight is 225 g/mol. The summed E-state index contributed by atoms with van der Waals surface area (Å²) in [4.78, 5) is 12.9. The van der Waals surface area contributed by atoms with Crippen molar-refractivity contribution in [1.29, 1.82) is 0 Å². The number of hydrogen-bond donors (Lipinski definition) is 1. The highest BCUT2D eigenvalue weighted by atomic mass is 32.1. The monoisotopic (exact) mass is 225 g/mol. The Morgan fingerprint density at radius 3 is 3.13 bits per heavy atom. The van der Waals surface area contributed by atoms with Gasteiger partial charge >= 0.3 is 5.97 Å². The number of fused-ring (bicyclic) bond motifs is 1. The van der Waals surface area contributed by atoms with Crippen LogP contribution in [0.15, 0.2) is 11.4 Å². The van der Waals surface area contributed by atoms with E-state index in [-0.39, 0.29) is 5.97 Å². The highest BCUT2D eigenvalue weighted by molar-refractivity contribution is 7.10. The van der Waals surface area contributed by atoms with Crippen LogP contribution >= 0.6 is 11.3 Å². The topological polar surface area (TPSA) is 38.3 Å². The summed E-state index contributed by atoms with van der Waals surface area (Å²) in [5.41, 5.74) is 0.592. The molecule has 1 N–H and O–H groups in total. The van der Waals surface area contributed by atoms with E-state index in [9.17, 15) is 4.79 Å². The van der Waals surface area contributed by atoms with Crippen molar-refractivity contribution in [3.63, 3.8) is 0 Å². The SMILES string of the molecule is COC(=O)[C@]1(C)N[C@@H](C)Cc2ccsc21. The molecule has 0 bridgehead atoms. The molecule has 2 rings (SSSR count). The maximum Gasteiger partial charge on any atom is 0.331 e. The van der Waals surface area contributed by atoms with Gasteiger partial charge in [0.05, 0.1) is 7.11 Å². The Kier molecular flexibility index (Phi) is 2.56. The molecule has 3 nitrogen and oxygen atoms in total. The zero-order valence-electron chi connectivity index (χ0n) is 9.16. The third-order valence-corrected chi connectivity index (χ3v) is 4.03. The lowest BCUT2D eigenvalue weighted by atomic mass is 9.88. The van der Waals surface area contributed by atoms with Gasteiger partial charge in [0.2, 0.25) is 0 Å². The van der Waals surface area contributed by atoms with Gasteiger partial charge in [-0.25, -0.2) is 4.79 Å². The number of esters is 1. The van der Waals surface area contributed by atoms with Crippen molar-refractivity contribution in [3.05, 3.63) is 21.9 Å². The van der Waals surface area contributed by atoms with Crippen LogP contribution in [-0.4, -0.2) is 19.1 Å². The van der Waals surface area contributed by atoms with Crippen LogP contribution in [0.4, 0.5) is 0 Å². The van der Waals surface area contributed by atoms with E-state index in [0.29, 0.717) is 6.04 Å². The number of carbonyl (C=O) groups is 1. The van der Waals surface area contributed by atoms with E-state index in [4.69, 9.17) is 4.74 Å². The van der Waals surface area contributed by atoms with E-state index in [1.807, 2.05) is 12.3 Å². The fraction of sp³-hybridized carbons (Fsp3) is 0.545. The minimum absolute atomic E-state index is 0.210. The first-order valence-electron chi connectivity index (χ1n) is 5.01. The summed E-state index contributed by atoms with van der Waals surface area (Å²) in [7, 11) is 1.43. The van der Waals surface area contributed by atoms with Crippen LogP contribution in [0.2, 0.25) is 0 Å². The van der Waals surface area contributed by atoms with Gasteiger partial charge in [0.25, 0.3) is 0 Å². The molecule has 0 amide bonds. The summed E-state index contributed by atoms with van der Waals surface area (Å²) < 4.78 is 4.87. The summed E-state index contributed by atoms with van der Waals surface area (Å²) in [6, 6.07) is 2.40. The van der Waals surface area contributed by atoms with Crippen LogP contribution in [0.3, 0.4) is 0 Å². The maximum absolute atomic E-state index is 11.8. The van der Waals surface area contributed by atoms with Crippen LogP contribution in [-0.2, 0) is 21.5 Å². The molecule has 0 fully saturated rings. The van der Waals surface area contributed by atoms with Crippen LogP contribution in [0, 0.1) is 0 Å². The third kappa shape index (κ3) is 1.58. The minimum atomic E-state index is -0.671. The molecule has 0 aliphatic carbocycles. The van der Waals surface area contributed by atoms with Gasteiger partial charge in [-0.05, 0) is 37.3 Å². The molecule has 15 heavy (non-hydrogen) atoms. The first-order chi connectivity index (χ1) is 7.08. The maximum atomic E-state index is 11.8. The lowest BCUT2D eigenvalue weighted by Crippen LogP contribution is -2.54. The van der Waals surface area contributed by atoms with Gasteiger partial charge in [0, 0.05) is 10.9 Å². The van der Waals surface area contributed by atoms with E-state index in [2.05, 4.69) is 18.3 Å². The van der Waals surface area contributed by atoms with Crippen LogP contribution in [0.5, 0.6) is 0 Å². The molecule has 0 aromatic carbocycles. The van der Waals surface area contributed by atoms with Gasteiger partial charge in [0.1, 0.15) is 5.54 Å². The number of rotatable bonds is 1. The molecular weight excluding hydrogens is 210 g/mol. The van der Waals surface area contributed by atoms with Crippen LogP contribution < -0.4 is 5.32 Å². The zero-order chi connectivity index (χ0) is 11.1. The molecule has 0 radical (unpaired) electrons. The Balaban J connectivity index is 2.47. The van der Waals surface area contributed by atoms with Gasteiger partial charge in [-0.2, -0.15) is 0 Å². The fourth-order valence-corrected chi connectivity index (χ4v) is 3.28. The largest absolute Gasteiger partial charge is 0.467 e. The molecular formula is C11H15NO2S. The smallest absolute Gasteiger partial charge is 0.331 e.